The zero-order valence-electron chi connectivity index (χ0n) is 16.5. The zero-order valence-corrected chi connectivity index (χ0v) is 16.5. The molecule has 0 amide bonds. The van der Waals surface area contributed by atoms with Gasteiger partial charge in [-0.05, 0) is 61.2 Å². The maximum absolute atomic E-state index is 16.8. The third-order valence-electron chi connectivity index (χ3n) is 8.47. The lowest BCUT2D eigenvalue weighted by Crippen LogP contribution is -2.68. The molecular formula is C22H28F2O4. The van der Waals surface area contributed by atoms with E-state index in [1.165, 1.54) is 18.2 Å². The Labute approximate surface area is 163 Å². The normalized spacial score (nSPS) is 52.5. The molecule has 0 bridgehead atoms. The van der Waals surface area contributed by atoms with Crippen molar-refractivity contribution < 1.29 is 28.6 Å². The van der Waals surface area contributed by atoms with Crippen LogP contribution in [0.25, 0.3) is 0 Å². The van der Waals surface area contributed by atoms with Crippen molar-refractivity contribution >= 4 is 11.6 Å². The fourth-order valence-corrected chi connectivity index (χ4v) is 7.36. The quantitative estimate of drug-likeness (QED) is 0.755. The smallest absolute Gasteiger partial charge is 0.178 e. The number of carbonyl (C=O) groups is 2. The van der Waals surface area contributed by atoms with Crippen molar-refractivity contribution in [2.45, 2.75) is 58.0 Å². The summed E-state index contributed by atoms with van der Waals surface area (Å²) in [4.78, 5) is 24.3. The van der Waals surface area contributed by atoms with Gasteiger partial charge in [0.2, 0.25) is 0 Å². The highest BCUT2D eigenvalue weighted by Gasteiger charge is 2.73. The van der Waals surface area contributed by atoms with Crippen LogP contribution in [-0.2, 0) is 9.59 Å². The van der Waals surface area contributed by atoms with Crippen LogP contribution in [0.4, 0.5) is 8.78 Å². The van der Waals surface area contributed by atoms with E-state index in [0.717, 1.165) is 0 Å². The molecule has 0 aromatic rings. The van der Waals surface area contributed by atoms with Gasteiger partial charge < -0.3 is 10.2 Å². The number of rotatable bonds is 2. The van der Waals surface area contributed by atoms with Crippen molar-refractivity contribution in [1.29, 1.82) is 0 Å². The summed E-state index contributed by atoms with van der Waals surface area (Å²) in [7, 11) is 0. The van der Waals surface area contributed by atoms with Crippen molar-refractivity contribution in [1.82, 2.24) is 0 Å². The van der Waals surface area contributed by atoms with Crippen LogP contribution in [0.2, 0.25) is 0 Å². The van der Waals surface area contributed by atoms with E-state index in [1.807, 2.05) is 13.8 Å². The highest BCUT2D eigenvalue weighted by molar-refractivity contribution is 6.01. The van der Waals surface area contributed by atoms with Gasteiger partial charge in [-0.2, -0.15) is 0 Å². The van der Waals surface area contributed by atoms with Crippen LogP contribution in [0, 0.1) is 34.5 Å². The van der Waals surface area contributed by atoms with Gasteiger partial charge in [0, 0.05) is 17.3 Å². The number of hydrogen-bond donors (Lipinski definition) is 2. The number of alkyl halides is 2. The molecule has 0 aromatic carbocycles. The summed E-state index contributed by atoms with van der Waals surface area (Å²) >= 11 is 0. The second-order valence-electron chi connectivity index (χ2n) is 9.76. The molecule has 28 heavy (non-hydrogen) atoms. The van der Waals surface area contributed by atoms with Crippen molar-refractivity contribution in [3.63, 3.8) is 0 Å². The number of carbonyl (C=O) groups excluding carboxylic acids is 2. The molecule has 4 aliphatic carbocycles. The molecule has 4 aliphatic rings. The Morgan fingerprint density at radius 3 is 2.61 bits per heavy atom. The average Bonchev–Trinajstić information content (AvgIpc) is 2.89. The van der Waals surface area contributed by atoms with Gasteiger partial charge in [0.05, 0.1) is 6.10 Å². The summed E-state index contributed by atoms with van der Waals surface area (Å²) < 4.78 is 32.0. The van der Waals surface area contributed by atoms with Crippen molar-refractivity contribution in [2.24, 2.45) is 34.5 Å². The predicted molar refractivity (Wildman–Crippen MR) is 98.8 cm³/mol. The van der Waals surface area contributed by atoms with Gasteiger partial charge in [0.15, 0.2) is 17.2 Å². The number of hydrogen-bond acceptors (Lipinski definition) is 4. The van der Waals surface area contributed by atoms with Crippen molar-refractivity contribution in [2.75, 3.05) is 6.61 Å². The fraction of sp³-hybridized carbons (Fsp3) is 0.727. The molecule has 3 fully saturated rings. The Morgan fingerprint density at radius 2 is 1.96 bits per heavy atom. The summed E-state index contributed by atoms with van der Waals surface area (Å²) in [6.07, 6.45) is 1.52. The van der Waals surface area contributed by atoms with Crippen LogP contribution in [0.3, 0.4) is 0 Å². The maximum Gasteiger partial charge on any atom is 0.178 e. The second kappa shape index (κ2) is 6.05. The Balaban J connectivity index is 1.84. The maximum atomic E-state index is 16.8. The van der Waals surface area contributed by atoms with E-state index in [4.69, 9.17) is 0 Å². The lowest BCUT2D eigenvalue weighted by atomic mass is 9.45. The second-order valence-corrected chi connectivity index (χ2v) is 9.76. The van der Waals surface area contributed by atoms with Gasteiger partial charge in [0.1, 0.15) is 12.8 Å². The molecule has 154 valence electrons. The summed E-state index contributed by atoms with van der Waals surface area (Å²) in [6.45, 7) is 4.78. The minimum absolute atomic E-state index is 0.0736. The number of Topliss-reactive ketones (excluding diaryl/α,β-unsaturated/α-hetero) is 1. The summed E-state index contributed by atoms with van der Waals surface area (Å²) in [5.41, 5.74) is -4.09. The van der Waals surface area contributed by atoms with Gasteiger partial charge in [-0.1, -0.05) is 19.9 Å². The summed E-state index contributed by atoms with van der Waals surface area (Å²) in [6, 6.07) is 0. The van der Waals surface area contributed by atoms with E-state index in [-0.39, 0.29) is 41.8 Å². The number of fused-ring (bicyclic) bond motifs is 5. The van der Waals surface area contributed by atoms with E-state index in [9.17, 15) is 19.8 Å². The molecule has 9 atom stereocenters. The van der Waals surface area contributed by atoms with Crippen LogP contribution >= 0.6 is 0 Å². The SMILES string of the molecule is C[C@@H]1C[C@H]2[C@@H]3C[C@H](F)C4=CC(=O)C=C[C@]4(C)C3(F)[C@@H](O)C[C@]2(C)[C@H]1C(=O)CO. The highest BCUT2D eigenvalue weighted by Crippen LogP contribution is 2.70. The van der Waals surface area contributed by atoms with Gasteiger partial charge in [-0.3, -0.25) is 9.59 Å². The van der Waals surface area contributed by atoms with E-state index >= 15 is 8.78 Å². The molecule has 2 N–H and O–H groups in total. The lowest BCUT2D eigenvalue weighted by molar-refractivity contribution is -0.202. The van der Waals surface area contributed by atoms with Gasteiger partial charge in [-0.25, -0.2) is 8.78 Å². The fourth-order valence-electron chi connectivity index (χ4n) is 7.36. The monoisotopic (exact) mass is 394 g/mol. The van der Waals surface area contributed by atoms with E-state index < -0.39 is 47.2 Å². The molecule has 1 unspecified atom stereocenters. The Kier molecular flexibility index (Phi) is 4.30. The molecule has 0 aromatic heterocycles. The first-order valence-electron chi connectivity index (χ1n) is 10.1. The minimum atomic E-state index is -2.11. The Morgan fingerprint density at radius 1 is 1.29 bits per heavy atom. The number of allylic oxidation sites excluding steroid dienone is 4. The van der Waals surface area contributed by atoms with Crippen molar-refractivity contribution in [3.8, 4) is 0 Å². The molecule has 3 saturated carbocycles. The molecule has 6 heteroatoms. The van der Waals surface area contributed by atoms with E-state index in [2.05, 4.69) is 0 Å². The van der Waals surface area contributed by atoms with E-state index in [0.29, 0.717) is 6.42 Å². The summed E-state index contributed by atoms with van der Waals surface area (Å²) in [5.74, 6) is -2.26. The van der Waals surface area contributed by atoms with Crippen LogP contribution in [0.5, 0.6) is 0 Å². The lowest BCUT2D eigenvalue weighted by Gasteiger charge is -2.62. The zero-order chi connectivity index (χ0) is 20.6. The molecule has 0 aliphatic heterocycles. The van der Waals surface area contributed by atoms with Gasteiger partial charge >= 0.3 is 0 Å². The first-order chi connectivity index (χ1) is 13.0. The number of halogens is 2. The molecule has 0 radical (unpaired) electrons. The number of aliphatic hydroxyl groups excluding tert-OH is 2. The first-order valence-corrected chi connectivity index (χ1v) is 10.1. The minimum Gasteiger partial charge on any atom is -0.390 e. The molecule has 0 saturated heterocycles. The van der Waals surface area contributed by atoms with E-state index in [1.54, 1.807) is 6.92 Å². The number of aliphatic hydroxyl groups is 2. The third kappa shape index (κ3) is 2.22. The predicted octanol–water partition coefficient (Wildman–Crippen LogP) is 2.73. The average molecular weight is 394 g/mol. The Hall–Kier alpha value is -1.40. The highest BCUT2D eigenvalue weighted by atomic mass is 19.1. The molecular weight excluding hydrogens is 366 g/mol. The van der Waals surface area contributed by atoms with Crippen LogP contribution in [0.1, 0.15) is 40.0 Å². The van der Waals surface area contributed by atoms with Gasteiger partial charge in [0.25, 0.3) is 0 Å². The molecule has 4 rings (SSSR count). The van der Waals surface area contributed by atoms with Crippen LogP contribution in [0.15, 0.2) is 23.8 Å². The molecule has 4 nitrogen and oxygen atoms in total. The largest absolute Gasteiger partial charge is 0.390 e. The van der Waals surface area contributed by atoms with Crippen LogP contribution in [-0.4, -0.2) is 46.3 Å². The summed E-state index contributed by atoms with van der Waals surface area (Å²) in [5, 5.41) is 20.5. The topological polar surface area (TPSA) is 74.6 Å². The number of ketones is 2. The van der Waals surface area contributed by atoms with Crippen molar-refractivity contribution in [3.05, 3.63) is 23.8 Å². The standard InChI is InChI=1S/C22H28F2O4/c1-11-6-13-14-8-16(23)15-7-12(26)4-5-21(15,3)22(14,24)18(28)9-20(13,2)19(11)17(27)10-25/h4-5,7,11,13-14,16,18-19,25,28H,6,8-10H2,1-3H3/t11-,13+,14+,16+,18+,19-,20+,21+,22?/m1/s1. The third-order valence-corrected chi connectivity index (χ3v) is 8.47. The Bertz CT molecular complexity index is 791. The van der Waals surface area contributed by atoms with Crippen LogP contribution < -0.4 is 0 Å². The molecule has 0 spiro atoms. The first kappa shape index (κ1) is 19.9. The van der Waals surface area contributed by atoms with Gasteiger partial charge in [-0.15, -0.1) is 0 Å². The molecule has 0 heterocycles.